The lowest BCUT2D eigenvalue weighted by molar-refractivity contribution is -0.115. The molecule has 1 N–H and O–H groups in total. The Morgan fingerprint density at radius 3 is 2.81 bits per heavy atom. The summed E-state index contributed by atoms with van der Waals surface area (Å²) in [6, 6.07) is 13.0. The monoisotopic (exact) mass is 368 g/mol. The van der Waals surface area contributed by atoms with Crippen molar-refractivity contribution in [2.24, 2.45) is 4.99 Å². The Labute approximate surface area is 154 Å². The molecule has 0 atom stereocenters. The van der Waals surface area contributed by atoms with Crippen LogP contribution in [0.2, 0.25) is 0 Å². The molecular weight excluding hydrogens is 352 g/mol. The summed E-state index contributed by atoms with van der Waals surface area (Å²) in [4.78, 5) is 17.2. The molecule has 0 spiro atoms. The SMILES string of the molecule is CCOc1ccc(N=C2NC(=O)/C(=C/c3ccc4c(c3)OCO4)S2)cc1. The second-order valence-electron chi connectivity index (χ2n) is 5.52. The smallest absolute Gasteiger partial charge is 0.264 e. The maximum Gasteiger partial charge on any atom is 0.264 e. The van der Waals surface area contributed by atoms with Crippen LogP contribution in [0.5, 0.6) is 17.2 Å². The van der Waals surface area contributed by atoms with Crippen LogP contribution in [0.25, 0.3) is 6.08 Å². The van der Waals surface area contributed by atoms with Crippen molar-refractivity contribution >= 4 is 34.6 Å². The van der Waals surface area contributed by atoms with E-state index < -0.39 is 0 Å². The van der Waals surface area contributed by atoms with Crippen molar-refractivity contribution in [3.05, 3.63) is 52.9 Å². The Balaban J connectivity index is 1.51. The van der Waals surface area contributed by atoms with E-state index in [2.05, 4.69) is 10.3 Å². The number of hydrogen-bond donors (Lipinski definition) is 1. The van der Waals surface area contributed by atoms with Crippen LogP contribution >= 0.6 is 11.8 Å². The molecule has 2 aromatic carbocycles. The number of thioether (sulfide) groups is 1. The molecule has 0 aliphatic carbocycles. The molecule has 1 amide bonds. The first-order valence-corrected chi connectivity index (χ1v) is 8.95. The quantitative estimate of drug-likeness (QED) is 0.834. The summed E-state index contributed by atoms with van der Waals surface area (Å²) in [5.74, 6) is 2.03. The van der Waals surface area contributed by atoms with E-state index in [1.54, 1.807) is 0 Å². The predicted octanol–water partition coefficient (Wildman–Crippen LogP) is 3.71. The van der Waals surface area contributed by atoms with Crippen molar-refractivity contribution in [3.8, 4) is 17.2 Å². The molecule has 0 bridgehead atoms. The molecule has 1 saturated heterocycles. The van der Waals surface area contributed by atoms with E-state index >= 15 is 0 Å². The molecule has 4 rings (SSSR count). The number of ether oxygens (including phenoxy) is 3. The lowest BCUT2D eigenvalue weighted by Crippen LogP contribution is -2.19. The van der Waals surface area contributed by atoms with Crippen LogP contribution in [0.1, 0.15) is 12.5 Å². The average molecular weight is 368 g/mol. The van der Waals surface area contributed by atoms with E-state index in [9.17, 15) is 4.79 Å². The first-order valence-electron chi connectivity index (χ1n) is 8.13. The molecular formula is C19H16N2O4S. The number of amides is 1. The molecule has 132 valence electrons. The van der Waals surface area contributed by atoms with Gasteiger partial charge in [0, 0.05) is 0 Å². The Bertz CT molecular complexity index is 906. The molecule has 2 heterocycles. The van der Waals surface area contributed by atoms with Crippen LogP contribution in [-0.2, 0) is 4.79 Å². The number of amidine groups is 1. The lowest BCUT2D eigenvalue weighted by Gasteiger charge is -2.02. The number of rotatable bonds is 4. The van der Waals surface area contributed by atoms with Crippen LogP contribution in [0.3, 0.4) is 0 Å². The predicted molar refractivity (Wildman–Crippen MR) is 101 cm³/mol. The third kappa shape index (κ3) is 3.52. The summed E-state index contributed by atoms with van der Waals surface area (Å²) >= 11 is 1.30. The van der Waals surface area contributed by atoms with Crippen LogP contribution in [0.15, 0.2) is 52.4 Å². The van der Waals surface area contributed by atoms with E-state index in [1.807, 2.05) is 55.5 Å². The van der Waals surface area contributed by atoms with Gasteiger partial charge in [-0.3, -0.25) is 4.79 Å². The fraction of sp³-hybridized carbons (Fsp3) is 0.158. The zero-order valence-electron chi connectivity index (χ0n) is 14.0. The number of aliphatic imine (C=N–C) groups is 1. The van der Waals surface area contributed by atoms with Crippen molar-refractivity contribution in [1.29, 1.82) is 0 Å². The standard InChI is InChI=1S/C19H16N2O4S/c1-2-23-14-6-4-13(5-7-14)20-19-21-18(22)17(26-19)10-12-3-8-15-16(9-12)25-11-24-15/h3-10H,2,11H2,1H3,(H,20,21,22)/b17-10-. The van der Waals surface area contributed by atoms with Crippen LogP contribution in [0, 0.1) is 0 Å². The number of nitrogens with one attached hydrogen (secondary N) is 1. The van der Waals surface area contributed by atoms with Gasteiger partial charge in [-0.1, -0.05) is 6.07 Å². The van der Waals surface area contributed by atoms with E-state index in [0.29, 0.717) is 28.2 Å². The molecule has 6 nitrogen and oxygen atoms in total. The zero-order chi connectivity index (χ0) is 17.9. The van der Waals surface area contributed by atoms with Crippen molar-refractivity contribution in [1.82, 2.24) is 5.32 Å². The Hall–Kier alpha value is -2.93. The first-order chi connectivity index (χ1) is 12.7. The molecule has 0 unspecified atom stereocenters. The van der Waals surface area contributed by atoms with Crippen LogP contribution < -0.4 is 19.5 Å². The van der Waals surface area contributed by atoms with E-state index in [4.69, 9.17) is 14.2 Å². The minimum Gasteiger partial charge on any atom is -0.494 e. The number of carbonyl (C=O) groups is 1. The van der Waals surface area contributed by atoms with Gasteiger partial charge in [-0.15, -0.1) is 0 Å². The molecule has 0 radical (unpaired) electrons. The number of hydrogen-bond acceptors (Lipinski definition) is 6. The van der Waals surface area contributed by atoms with Gasteiger partial charge in [-0.05, 0) is 66.7 Å². The molecule has 7 heteroatoms. The second-order valence-corrected chi connectivity index (χ2v) is 6.55. The maximum absolute atomic E-state index is 12.2. The van der Waals surface area contributed by atoms with Gasteiger partial charge >= 0.3 is 0 Å². The number of nitrogens with zero attached hydrogens (tertiary/aromatic N) is 1. The number of carbonyl (C=O) groups excluding carboxylic acids is 1. The third-order valence-corrected chi connectivity index (χ3v) is 4.63. The fourth-order valence-corrected chi connectivity index (χ4v) is 3.38. The van der Waals surface area contributed by atoms with Crippen molar-refractivity contribution in [3.63, 3.8) is 0 Å². The van der Waals surface area contributed by atoms with Gasteiger partial charge in [0.05, 0.1) is 17.2 Å². The Morgan fingerprint density at radius 1 is 1.19 bits per heavy atom. The minimum atomic E-state index is -0.169. The number of benzene rings is 2. The minimum absolute atomic E-state index is 0.169. The van der Waals surface area contributed by atoms with Crippen LogP contribution in [-0.4, -0.2) is 24.5 Å². The molecule has 26 heavy (non-hydrogen) atoms. The van der Waals surface area contributed by atoms with Gasteiger partial charge in [0.25, 0.3) is 5.91 Å². The molecule has 1 fully saturated rings. The summed E-state index contributed by atoms with van der Waals surface area (Å²) in [6.45, 7) is 2.78. The van der Waals surface area contributed by atoms with Gasteiger partial charge < -0.3 is 19.5 Å². The zero-order valence-corrected chi connectivity index (χ0v) is 14.8. The number of fused-ring (bicyclic) bond motifs is 1. The van der Waals surface area contributed by atoms with E-state index in [-0.39, 0.29) is 12.7 Å². The molecule has 0 saturated carbocycles. The maximum atomic E-state index is 12.2. The van der Waals surface area contributed by atoms with Gasteiger partial charge in [0.1, 0.15) is 5.75 Å². The molecule has 0 aromatic heterocycles. The van der Waals surface area contributed by atoms with Crippen molar-refractivity contribution < 1.29 is 19.0 Å². The van der Waals surface area contributed by atoms with Crippen LogP contribution in [0.4, 0.5) is 5.69 Å². The summed E-state index contributed by atoms with van der Waals surface area (Å²) in [5, 5.41) is 3.33. The highest BCUT2D eigenvalue weighted by Gasteiger charge is 2.24. The molecule has 2 aliphatic heterocycles. The van der Waals surface area contributed by atoms with E-state index in [1.165, 1.54) is 11.8 Å². The first kappa shape index (κ1) is 16.5. The largest absolute Gasteiger partial charge is 0.494 e. The normalized spacial score (nSPS) is 18.4. The molecule has 2 aromatic rings. The summed E-state index contributed by atoms with van der Waals surface area (Å²) in [6.07, 6.45) is 1.81. The van der Waals surface area contributed by atoms with Gasteiger partial charge in [0.2, 0.25) is 6.79 Å². The summed E-state index contributed by atoms with van der Waals surface area (Å²) in [7, 11) is 0. The van der Waals surface area contributed by atoms with Gasteiger partial charge in [-0.25, -0.2) is 4.99 Å². The third-order valence-electron chi connectivity index (χ3n) is 3.72. The van der Waals surface area contributed by atoms with Crippen molar-refractivity contribution in [2.45, 2.75) is 6.92 Å². The summed E-state index contributed by atoms with van der Waals surface area (Å²) < 4.78 is 16.1. The topological polar surface area (TPSA) is 69.2 Å². The fourth-order valence-electron chi connectivity index (χ4n) is 2.54. The van der Waals surface area contributed by atoms with Crippen molar-refractivity contribution in [2.75, 3.05) is 13.4 Å². The van der Waals surface area contributed by atoms with Gasteiger partial charge in [-0.2, -0.15) is 0 Å². The average Bonchev–Trinajstić information content (AvgIpc) is 3.23. The second kappa shape index (κ2) is 7.13. The Morgan fingerprint density at radius 2 is 2.00 bits per heavy atom. The van der Waals surface area contributed by atoms with Gasteiger partial charge in [0.15, 0.2) is 16.7 Å². The lowest BCUT2D eigenvalue weighted by atomic mass is 10.2. The molecule has 2 aliphatic rings. The van der Waals surface area contributed by atoms with E-state index in [0.717, 1.165) is 17.0 Å². The Kier molecular flexibility index (Phi) is 4.53. The highest BCUT2D eigenvalue weighted by atomic mass is 32.2. The highest BCUT2D eigenvalue weighted by molar-refractivity contribution is 8.18. The summed E-state index contributed by atoms with van der Waals surface area (Å²) in [5.41, 5.74) is 1.62. The highest BCUT2D eigenvalue weighted by Crippen LogP contribution is 2.34.